The van der Waals surface area contributed by atoms with Crippen LogP contribution in [-0.2, 0) is 28.7 Å². The first kappa shape index (κ1) is 28.6. The molecule has 4 rings (SSSR count). The van der Waals surface area contributed by atoms with E-state index in [4.69, 9.17) is 4.74 Å². The van der Waals surface area contributed by atoms with E-state index in [-0.39, 0.29) is 54.2 Å². The maximum Gasteiger partial charge on any atom is 0.308 e. The second-order valence-electron chi connectivity index (χ2n) is 13.5. The van der Waals surface area contributed by atoms with Crippen molar-refractivity contribution in [2.75, 3.05) is 7.11 Å². The molecule has 38 heavy (non-hydrogen) atoms. The first-order valence-electron chi connectivity index (χ1n) is 13.8. The van der Waals surface area contributed by atoms with E-state index in [9.17, 15) is 29.1 Å². The van der Waals surface area contributed by atoms with Gasteiger partial charge in [-0.15, -0.1) is 0 Å². The number of hydrogen-bond donors (Lipinski definition) is 1. The second kappa shape index (κ2) is 9.07. The molecular formula is C31H42O7. The number of fused-ring (bicyclic) bond motifs is 4. The van der Waals surface area contributed by atoms with Crippen molar-refractivity contribution >= 4 is 29.1 Å². The highest BCUT2D eigenvalue weighted by Gasteiger charge is 2.70. The van der Waals surface area contributed by atoms with E-state index in [0.29, 0.717) is 36.0 Å². The fraction of sp³-hybridized carbons (Fsp3) is 0.710. The monoisotopic (exact) mass is 526 g/mol. The summed E-state index contributed by atoms with van der Waals surface area (Å²) in [5.74, 6) is -1.74. The van der Waals surface area contributed by atoms with Crippen LogP contribution in [0.5, 0.6) is 0 Å². The summed E-state index contributed by atoms with van der Waals surface area (Å²) in [6.45, 7) is 13.1. The van der Waals surface area contributed by atoms with Crippen LogP contribution >= 0.6 is 0 Å². The van der Waals surface area contributed by atoms with Crippen molar-refractivity contribution in [2.24, 2.45) is 39.4 Å². The number of ketones is 4. The van der Waals surface area contributed by atoms with Crippen molar-refractivity contribution in [1.29, 1.82) is 0 Å². The number of allylic oxidation sites excluding steroid dienone is 3. The molecule has 0 aromatic rings. The van der Waals surface area contributed by atoms with Gasteiger partial charge in [0, 0.05) is 42.1 Å². The molecule has 7 nitrogen and oxygen atoms in total. The first-order valence-corrected chi connectivity index (χ1v) is 13.8. The van der Waals surface area contributed by atoms with Crippen molar-refractivity contribution in [1.82, 2.24) is 0 Å². The van der Waals surface area contributed by atoms with Gasteiger partial charge in [0.25, 0.3) is 0 Å². The number of ether oxygens (including phenoxy) is 1. The Morgan fingerprint density at radius 3 is 2.34 bits per heavy atom. The van der Waals surface area contributed by atoms with E-state index < -0.39 is 39.7 Å². The van der Waals surface area contributed by atoms with Crippen molar-refractivity contribution in [3.8, 4) is 0 Å². The van der Waals surface area contributed by atoms with Crippen LogP contribution < -0.4 is 0 Å². The van der Waals surface area contributed by atoms with Crippen LogP contribution in [0.4, 0.5) is 0 Å². The Bertz CT molecular complexity index is 1190. The molecule has 1 unspecified atom stereocenters. The van der Waals surface area contributed by atoms with E-state index in [1.165, 1.54) is 13.2 Å². The molecule has 4 aliphatic carbocycles. The maximum absolute atomic E-state index is 14.1. The molecule has 1 N–H and O–H groups in total. The molecule has 0 heterocycles. The van der Waals surface area contributed by atoms with Gasteiger partial charge in [0.2, 0.25) is 0 Å². The molecule has 0 aliphatic heterocycles. The van der Waals surface area contributed by atoms with Gasteiger partial charge in [-0.25, -0.2) is 0 Å². The number of carbonyl (C=O) groups excluding carboxylic acids is 5. The maximum atomic E-state index is 14.1. The van der Waals surface area contributed by atoms with Crippen molar-refractivity contribution in [3.05, 3.63) is 22.8 Å². The number of rotatable bonds is 5. The van der Waals surface area contributed by atoms with Crippen LogP contribution in [0.25, 0.3) is 0 Å². The van der Waals surface area contributed by atoms with E-state index in [1.54, 1.807) is 6.92 Å². The standard InChI is InChI=1S/C31H42O7/c1-16(11-18(32)12-17(2)27(37)38-8)19-13-24(36)31(7)26-20(33)14-22-28(3,4)23(35)9-10-29(22,5)25(26)21(34)15-30(19,31)6/h11,17,19-20,22,33H,9-10,12-15H2,1-8H3/b16-11+/t17?,19-,20+,22+,29+,30-,31+/m0/s1. The highest BCUT2D eigenvalue weighted by molar-refractivity contribution is 6.06. The Morgan fingerprint density at radius 1 is 1.11 bits per heavy atom. The zero-order chi connectivity index (χ0) is 28.6. The topological polar surface area (TPSA) is 115 Å². The molecule has 208 valence electrons. The normalized spacial score (nSPS) is 39.3. The average Bonchev–Trinajstić information content (AvgIpc) is 3.03. The molecule has 0 amide bonds. The number of aliphatic hydroxyl groups excluding tert-OH is 1. The van der Waals surface area contributed by atoms with Crippen LogP contribution in [0.2, 0.25) is 0 Å². The summed E-state index contributed by atoms with van der Waals surface area (Å²) in [5, 5.41) is 11.6. The highest BCUT2D eigenvalue weighted by Crippen LogP contribution is 2.70. The summed E-state index contributed by atoms with van der Waals surface area (Å²) >= 11 is 0. The summed E-state index contributed by atoms with van der Waals surface area (Å²) in [5.41, 5.74) is -1.29. The minimum Gasteiger partial charge on any atom is -0.469 e. The number of esters is 1. The van der Waals surface area contributed by atoms with Crippen molar-refractivity contribution < 1.29 is 33.8 Å². The average molecular weight is 527 g/mol. The second-order valence-corrected chi connectivity index (χ2v) is 13.5. The molecule has 7 heteroatoms. The van der Waals surface area contributed by atoms with Gasteiger partial charge in [-0.3, -0.25) is 24.0 Å². The molecule has 0 saturated heterocycles. The van der Waals surface area contributed by atoms with E-state index in [2.05, 4.69) is 0 Å². The number of methoxy groups -OCH3 is 1. The van der Waals surface area contributed by atoms with Gasteiger partial charge in [0.1, 0.15) is 11.6 Å². The van der Waals surface area contributed by atoms with Crippen molar-refractivity contribution in [2.45, 2.75) is 93.1 Å². The van der Waals surface area contributed by atoms with Gasteiger partial charge in [-0.1, -0.05) is 40.2 Å². The summed E-state index contributed by atoms with van der Waals surface area (Å²) in [6, 6.07) is 0. The number of hydrogen-bond acceptors (Lipinski definition) is 7. The SMILES string of the molecule is COC(=O)C(C)CC(=O)/C=C(\C)[C@@H]1CC(=O)[C@]2(C)C3=C(C(=O)C[C@@]12C)[C@]1(C)CCC(=O)C(C)(C)[C@H]1C[C@H]3O. The molecular weight excluding hydrogens is 484 g/mol. The molecule has 0 aromatic carbocycles. The van der Waals surface area contributed by atoms with Gasteiger partial charge in [0.05, 0.1) is 24.5 Å². The molecule has 2 fully saturated rings. The van der Waals surface area contributed by atoms with E-state index in [0.717, 1.165) is 0 Å². The van der Waals surface area contributed by atoms with Gasteiger partial charge < -0.3 is 9.84 Å². The quantitative estimate of drug-likeness (QED) is 0.418. The number of Topliss-reactive ketones (excluding diaryl/α,β-unsaturated/α-hetero) is 3. The molecule has 2 saturated carbocycles. The summed E-state index contributed by atoms with van der Waals surface area (Å²) in [4.78, 5) is 65.4. The number of aliphatic hydroxyl groups is 1. The highest BCUT2D eigenvalue weighted by atomic mass is 16.5. The Balaban J connectivity index is 1.78. The van der Waals surface area contributed by atoms with Crippen LogP contribution in [0.15, 0.2) is 22.8 Å². The van der Waals surface area contributed by atoms with E-state index in [1.807, 2.05) is 41.5 Å². The third kappa shape index (κ3) is 3.75. The Labute approximate surface area is 225 Å². The first-order chi connectivity index (χ1) is 17.5. The van der Waals surface area contributed by atoms with E-state index >= 15 is 0 Å². The lowest BCUT2D eigenvalue weighted by molar-refractivity contribution is -0.146. The predicted octanol–water partition coefficient (Wildman–Crippen LogP) is 4.35. The van der Waals surface area contributed by atoms with Crippen molar-refractivity contribution in [3.63, 3.8) is 0 Å². The lowest BCUT2D eigenvalue weighted by atomic mass is 9.42. The summed E-state index contributed by atoms with van der Waals surface area (Å²) in [7, 11) is 1.29. The molecule has 7 atom stereocenters. The van der Waals surface area contributed by atoms with Gasteiger partial charge in [-0.2, -0.15) is 0 Å². The lowest BCUT2D eigenvalue weighted by Gasteiger charge is -2.60. The lowest BCUT2D eigenvalue weighted by Crippen LogP contribution is -2.59. The molecule has 0 aromatic heterocycles. The van der Waals surface area contributed by atoms with Gasteiger partial charge in [-0.05, 0) is 55.6 Å². The van der Waals surface area contributed by atoms with Gasteiger partial charge >= 0.3 is 5.97 Å². The molecule has 4 aliphatic rings. The molecule has 0 bridgehead atoms. The minimum atomic E-state index is -1.06. The third-order valence-electron chi connectivity index (χ3n) is 11.1. The summed E-state index contributed by atoms with van der Waals surface area (Å²) < 4.78 is 4.73. The summed E-state index contributed by atoms with van der Waals surface area (Å²) in [6.07, 6.45) is 2.08. The Kier molecular flexibility index (Phi) is 6.83. The van der Waals surface area contributed by atoms with Crippen LogP contribution in [0, 0.1) is 39.4 Å². The Hall–Kier alpha value is -2.41. The predicted molar refractivity (Wildman–Crippen MR) is 141 cm³/mol. The minimum absolute atomic E-state index is 0.000143. The van der Waals surface area contributed by atoms with Crippen LogP contribution in [0.3, 0.4) is 0 Å². The van der Waals surface area contributed by atoms with Crippen LogP contribution in [0.1, 0.15) is 87.0 Å². The third-order valence-corrected chi connectivity index (χ3v) is 11.1. The zero-order valence-electron chi connectivity index (χ0n) is 24.0. The Morgan fingerprint density at radius 2 is 1.74 bits per heavy atom. The molecule has 0 spiro atoms. The fourth-order valence-electron chi connectivity index (χ4n) is 8.71. The number of carbonyl (C=O) groups is 5. The van der Waals surface area contributed by atoms with Crippen LogP contribution in [-0.4, -0.2) is 47.4 Å². The van der Waals surface area contributed by atoms with Gasteiger partial charge in [0.15, 0.2) is 11.6 Å². The molecule has 0 radical (unpaired) electrons. The zero-order valence-corrected chi connectivity index (χ0v) is 24.0. The smallest absolute Gasteiger partial charge is 0.308 e. The fourth-order valence-corrected chi connectivity index (χ4v) is 8.71. The largest absolute Gasteiger partial charge is 0.469 e.